The van der Waals surface area contributed by atoms with Crippen LogP contribution in [0.5, 0.6) is 0 Å². The number of sulfonamides is 1. The fraction of sp³-hybridized carbons (Fsp3) is 0.235. The fourth-order valence-corrected chi connectivity index (χ4v) is 3.87. The number of halogens is 2. The Balaban J connectivity index is 1.87. The highest BCUT2D eigenvalue weighted by molar-refractivity contribution is 7.89. The molecule has 1 atom stereocenters. The second kappa shape index (κ2) is 8.67. The lowest BCUT2D eigenvalue weighted by atomic mass is 10.1. The van der Waals surface area contributed by atoms with Crippen LogP contribution in [0.2, 0.25) is 10.0 Å². The Hall–Kier alpha value is -1.60. The zero-order valence-corrected chi connectivity index (χ0v) is 15.8. The Morgan fingerprint density at radius 1 is 1.12 bits per heavy atom. The van der Waals surface area contributed by atoms with Gasteiger partial charge in [-0.25, -0.2) is 13.1 Å². The molecule has 8 heteroatoms. The number of carbonyl (C=O) groups is 1. The van der Waals surface area contributed by atoms with Crippen LogP contribution in [0.3, 0.4) is 0 Å². The molecule has 0 bridgehead atoms. The maximum absolute atomic E-state index is 12.1. The minimum atomic E-state index is -3.70. The van der Waals surface area contributed by atoms with E-state index in [1.165, 1.54) is 12.1 Å². The molecule has 0 saturated heterocycles. The van der Waals surface area contributed by atoms with Crippen molar-refractivity contribution in [3.63, 3.8) is 0 Å². The maximum atomic E-state index is 12.1. The first-order chi connectivity index (χ1) is 11.8. The lowest BCUT2D eigenvalue weighted by molar-refractivity contribution is -0.121. The first-order valence-electron chi connectivity index (χ1n) is 7.58. The number of carbonyl (C=O) groups excluding carboxylic acids is 1. The third kappa shape index (κ3) is 5.71. The van der Waals surface area contributed by atoms with Crippen LogP contribution in [-0.4, -0.2) is 20.9 Å². The predicted molar refractivity (Wildman–Crippen MR) is 99.3 cm³/mol. The zero-order chi connectivity index (χ0) is 18.4. The quantitative estimate of drug-likeness (QED) is 0.745. The average molecular weight is 401 g/mol. The molecule has 0 aliphatic carbocycles. The summed E-state index contributed by atoms with van der Waals surface area (Å²) in [5.41, 5.74) is 0.803. The van der Waals surface area contributed by atoms with Crippen molar-refractivity contribution in [3.8, 4) is 0 Å². The van der Waals surface area contributed by atoms with Crippen molar-refractivity contribution in [2.45, 2.75) is 24.3 Å². The van der Waals surface area contributed by atoms with E-state index in [4.69, 9.17) is 23.2 Å². The molecule has 0 aliphatic heterocycles. The summed E-state index contributed by atoms with van der Waals surface area (Å²) in [6, 6.07) is 12.9. The largest absolute Gasteiger partial charge is 0.349 e. The van der Waals surface area contributed by atoms with Crippen LogP contribution >= 0.6 is 23.2 Å². The molecule has 0 radical (unpaired) electrons. The first-order valence-corrected chi connectivity index (χ1v) is 9.82. The Kier molecular flexibility index (Phi) is 6.84. The van der Waals surface area contributed by atoms with Gasteiger partial charge in [-0.1, -0.05) is 47.5 Å². The predicted octanol–water partition coefficient (Wildman–Crippen LogP) is 3.54. The van der Waals surface area contributed by atoms with E-state index >= 15 is 0 Å². The number of amides is 1. The molecular weight excluding hydrogens is 383 g/mol. The van der Waals surface area contributed by atoms with Crippen molar-refractivity contribution >= 4 is 39.1 Å². The lowest BCUT2D eigenvalue weighted by Gasteiger charge is -2.15. The summed E-state index contributed by atoms with van der Waals surface area (Å²) in [7, 11) is -3.70. The molecule has 0 aliphatic rings. The third-order valence-electron chi connectivity index (χ3n) is 3.50. The first kappa shape index (κ1) is 19.7. The van der Waals surface area contributed by atoms with E-state index in [0.717, 1.165) is 5.56 Å². The van der Waals surface area contributed by atoms with Crippen molar-refractivity contribution < 1.29 is 13.2 Å². The summed E-state index contributed by atoms with van der Waals surface area (Å²) in [6.07, 6.45) is 0.00852. The molecule has 2 N–H and O–H groups in total. The number of nitrogens with one attached hydrogen (secondary N) is 2. The number of rotatable bonds is 7. The van der Waals surface area contributed by atoms with Crippen LogP contribution in [0.1, 0.15) is 24.9 Å². The van der Waals surface area contributed by atoms with E-state index < -0.39 is 10.0 Å². The van der Waals surface area contributed by atoms with Crippen LogP contribution in [0, 0.1) is 0 Å². The van der Waals surface area contributed by atoms with Gasteiger partial charge >= 0.3 is 0 Å². The molecule has 0 spiro atoms. The average Bonchev–Trinajstić information content (AvgIpc) is 2.55. The summed E-state index contributed by atoms with van der Waals surface area (Å²) in [6.45, 7) is 1.80. The molecule has 134 valence electrons. The Morgan fingerprint density at radius 2 is 1.84 bits per heavy atom. The summed E-state index contributed by atoms with van der Waals surface area (Å²) in [4.78, 5) is 12.1. The summed E-state index contributed by atoms with van der Waals surface area (Å²) >= 11 is 11.9. The second-order valence-electron chi connectivity index (χ2n) is 5.42. The van der Waals surface area contributed by atoms with Crippen molar-refractivity contribution in [3.05, 3.63) is 64.1 Å². The summed E-state index contributed by atoms with van der Waals surface area (Å²) in [5.74, 6) is -0.277. The van der Waals surface area contributed by atoms with Gasteiger partial charge in [0.25, 0.3) is 0 Å². The van der Waals surface area contributed by atoms with Crippen LogP contribution in [-0.2, 0) is 14.8 Å². The minimum absolute atomic E-state index is 0.00852. The van der Waals surface area contributed by atoms with Crippen LogP contribution in [0.25, 0.3) is 0 Å². The van der Waals surface area contributed by atoms with E-state index in [2.05, 4.69) is 10.0 Å². The monoisotopic (exact) mass is 400 g/mol. The van der Waals surface area contributed by atoms with Crippen molar-refractivity contribution in [2.75, 3.05) is 6.54 Å². The van der Waals surface area contributed by atoms with E-state index in [-0.39, 0.29) is 29.8 Å². The minimum Gasteiger partial charge on any atom is -0.349 e. The van der Waals surface area contributed by atoms with Crippen LogP contribution < -0.4 is 10.0 Å². The van der Waals surface area contributed by atoms with Crippen molar-refractivity contribution in [1.29, 1.82) is 0 Å². The van der Waals surface area contributed by atoms with Gasteiger partial charge < -0.3 is 5.32 Å². The molecule has 2 rings (SSSR count). The second-order valence-corrected chi connectivity index (χ2v) is 8.03. The molecule has 0 fully saturated rings. The lowest BCUT2D eigenvalue weighted by Crippen LogP contribution is -2.32. The number of benzene rings is 2. The van der Waals surface area contributed by atoms with Crippen LogP contribution in [0.4, 0.5) is 0 Å². The van der Waals surface area contributed by atoms with Gasteiger partial charge in [0, 0.05) is 23.0 Å². The molecule has 1 unspecified atom stereocenters. The fourth-order valence-electron chi connectivity index (χ4n) is 2.23. The Labute approximate surface area is 157 Å². The van der Waals surface area contributed by atoms with E-state index in [0.29, 0.717) is 10.0 Å². The van der Waals surface area contributed by atoms with Crippen LogP contribution in [0.15, 0.2) is 53.4 Å². The maximum Gasteiger partial charge on any atom is 0.240 e. The Morgan fingerprint density at radius 3 is 2.52 bits per heavy atom. The van der Waals surface area contributed by atoms with E-state index in [9.17, 15) is 13.2 Å². The SMILES string of the molecule is CC(NC(=O)CCNS(=O)(=O)c1cccc(Cl)c1)c1ccccc1Cl. The smallest absolute Gasteiger partial charge is 0.240 e. The van der Waals surface area contributed by atoms with E-state index in [1.54, 1.807) is 18.2 Å². The van der Waals surface area contributed by atoms with Crippen molar-refractivity contribution in [2.24, 2.45) is 0 Å². The van der Waals surface area contributed by atoms with Gasteiger partial charge in [0.15, 0.2) is 0 Å². The molecule has 25 heavy (non-hydrogen) atoms. The van der Waals surface area contributed by atoms with Gasteiger partial charge in [0.1, 0.15) is 0 Å². The highest BCUT2D eigenvalue weighted by atomic mass is 35.5. The number of hydrogen-bond acceptors (Lipinski definition) is 3. The van der Waals surface area contributed by atoms with Gasteiger partial charge in [-0.3, -0.25) is 4.79 Å². The molecule has 0 heterocycles. The van der Waals surface area contributed by atoms with Gasteiger partial charge in [0.05, 0.1) is 10.9 Å². The Bertz CT molecular complexity index is 856. The molecule has 0 aromatic heterocycles. The molecule has 2 aromatic carbocycles. The van der Waals surface area contributed by atoms with Gasteiger partial charge in [-0.15, -0.1) is 0 Å². The molecular formula is C17H18Cl2N2O3S. The highest BCUT2D eigenvalue weighted by Crippen LogP contribution is 2.22. The zero-order valence-electron chi connectivity index (χ0n) is 13.5. The molecule has 1 amide bonds. The third-order valence-corrected chi connectivity index (χ3v) is 5.54. The molecule has 5 nitrogen and oxygen atoms in total. The number of hydrogen-bond donors (Lipinski definition) is 2. The summed E-state index contributed by atoms with van der Waals surface area (Å²) in [5, 5.41) is 3.69. The molecule has 2 aromatic rings. The van der Waals surface area contributed by atoms with Gasteiger partial charge in [0.2, 0.25) is 15.9 Å². The highest BCUT2D eigenvalue weighted by Gasteiger charge is 2.16. The normalized spacial score (nSPS) is 12.6. The standard InChI is InChI=1S/C17H18Cl2N2O3S/c1-12(15-7-2-3-8-16(15)19)21-17(22)9-10-20-25(23,24)14-6-4-5-13(18)11-14/h2-8,11-12,20H,9-10H2,1H3,(H,21,22). The van der Waals surface area contributed by atoms with Gasteiger partial charge in [-0.2, -0.15) is 0 Å². The topological polar surface area (TPSA) is 75.3 Å². The summed E-state index contributed by atoms with van der Waals surface area (Å²) < 4.78 is 26.7. The van der Waals surface area contributed by atoms with E-state index in [1.807, 2.05) is 25.1 Å². The molecule has 0 saturated carbocycles. The van der Waals surface area contributed by atoms with Gasteiger partial charge in [-0.05, 0) is 36.8 Å². The van der Waals surface area contributed by atoms with Crippen molar-refractivity contribution in [1.82, 2.24) is 10.0 Å².